The van der Waals surface area contributed by atoms with E-state index in [1.54, 1.807) is 0 Å². The van der Waals surface area contributed by atoms with Crippen molar-refractivity contribution in [3.05, 3.63) is 71.3 Å². The van der Waals surface area contributed by atoms with Crippen molar-refractivity contribution in [2.75, 3.05) is 26.3 Å². The molecule has 1 aliphatic rings. The van der Waals surface area contributed by atoms with Gasteiger partial charge in [0.25, 0.3) is 0 Å². The molecule has 0 spiro atoms. The molecule has 5 heteroatoms. The van der Waals surface area contributed by atoms with Gasteiger partial charge in [-0.1, -0.05) is 67.9 Å². The third-order valence-corrected chi connectivity index (χ3v) is 5.14. The first kappa shape index (κ1) is 20.4. The maximum Gasteiger partial charge on any atom is 0.315 e. The Labute approximate surface area is 168 Å². The fourth-order valence-corrected chi connectivity index (χ4v) is 3.57. The number of hydrogen-bond donors (Lipinski definition) is 2. The summed E-state index contributed by atoms with van der Waals surface area (Å²) in [5.74, 6) is 0. The van der Waals surface area contributed by atoms with Gasteiger partial charge in [0, 0.05) is 26.2 Å². The minimum Gasteiger partial charge on any atom is -0.379 e. The Hall–Kier alpha value is -2.37. The highest BCUT2D eigenvalue weighted by Crippen LogP contribution is 2.18. The molecule has 1 heterocycles. The standard InChI is InChI=1S/C23H31N3O2/c1-2-8-22(19-9-4-3-5-10-19)25-23(27)24-17-20-11-6-7-12-21(20)18-26-13-15-28-16-14-26/h3-7,9-12,22H,2,8,13-18H2,1H3,(H2,24,25,27). The molecule has 2 N–H and O–H groups in total. The van der Waals surface area contributed by atoms with Crippen molar-refractivity contribution in [3.63, 3.8) is 0 Å². The molecule has 3 rings (SSSR count). The van der Waals surface area contributed by atoms with E-state index in [1.165, 1.54) is 5.56 Å². The van der Waals surface area contributed by atoms with E-state index in [2.05, 4.69) is 52.8 Å². The van der Waals surface area contributed by atoms with Crippen LogP contribution in [0, 0.1) is 0 Å². The van der Waals surface area contributed by atoms with Gasteiger partial charge in [-0.2, -0.15) is 0 Å². The number of carbonyl (C=O) groups is 1. The van der Waals surface area contributed by atoms with E-state index in [0.29, 0.717) is 6.54 Å². The number of morpholine rings is 1. The van der Waals surface area contributed by atoms with Gasteiger partial charge < -0.3 is 15.4 Å². The number of hydrogen-bond acceptors (Lipinski definition) is 3. The summed E-state index contributed by atoms with van der Waals surface area (Å²) in [6.45, 7) is 7.06. The fraction of sp³-hybridized carbons (Fsp3) is 0.435. The minimum absolute atomic E-state index is 0.0368. The zero-order chi connectivity index (χ0) is 19.6. The van der Waals surface area contributed by atoms with Gasteiger partial charge in [0.05, 0.1) is 19.3 Å². The van der Waals surface area contributed by atoms with E-state index in [0.717, 1.165) is 56.8 Å². The molecule has 0 radical (unpaired) electrons. The molecule has 0 aliphatic carbocycles. The van der Waals surface area contributed by atoms with Gasteiger partial charge in [0.15, 0.2) is 0 Å². The molecule has 1 unspecified atom stereocenters. The summed E-state index contributed by atoms with van der Waals surface area (Å²) >= 11 is 0. The summed E-state index contributed by atoms with van der Waals surface area (Å²) in [4.78, 5) is 14.9. The van der Waals surface area contributed by atoms with E-state index >= 15 is 0 Å². The fourth-order valence-electron chi connectivity index (χ4n) is 3.57. The molecule has 0 aromatic heterocycles. The molecule has 2 aromatic rings. The smallest absolute Gasteiger partial charge is 0.315 e. The van der Waals surface area contributed by atoms with Crippen LogP contribution in [0.1, 0.15) is 42.5 Å². The Morgan fingerprint density at radius 2 is 1.71 bits per heavy atom. The zero-order valence-electron chi connectivity index (χ0n) is 16.7. The van der Waals surface area contributed by atoms with Gasteiger partial charge in [-0.15, -0.1) is 0 Å². The monoisotopic (exact) mass is 381 g/mol. The summed E-state index contributed by atoms with van der Waals surface area (Å²) in [6.07, 6.45) is 1.94. The molecule has 2 amide bonds. The highest BCUT2D eigenvalue weighted by Gasteiger charge is 2.15. The van der Waals surface area contributed by atoms with Crippen LogP contribution in [-0.4, -0.2) is 37.2 Å². The number of carbonyl (C=O) groups excluding carboxylic acids is 1. The maximum atomic E-state index is 12.5. The first-order valence-corrected chi connectivity index (χ1v) is 10.2. The summed E-state index contributed by atoms with van der Waals surface area (Å²) in [7, 11) is 0. The predicted octanol–water partition coefficient (Wildman–Crippen LogP) is 3.86. The minimum atomic E-state index is -0.122. The molecule has 28 heavy (non-hydrogen) atoms. The molecule has 5 nitrogen and oxygen atoms in total. The van der Waals surface area contributed by atoms with Crippen molar-refractivity contribution in [2.24, 2.45) is 0 Å². The van der Waals surface area contributed by atoms with Gasteiger partial charge >= 0.3 is 6.03 Å². The Morgan fingerprint density at radius 1 is 1.04 bits per heavy atom. The number of rotatable bonds is 8. The van der Waals surface area contributed by atoms with Gasteiger partial charge in [-0.05, 0) is 23.1 Å². The maximum absolute atomic E-state index is 12.5. The zero-order valence-corrected chi connectivity index (χ0v) is 16.7. The number of urea groups is 1. The van der Waals surface area contributed by atoms with Crippen LogP contribution in [0.5, 0.6) is 0 Å². The molecule has 1 atom stereocenters. The molecule has 1 saturated heterocycles. The molecular formula is C23H31N3O2. The number of benzene rings is 2. The van der Waals surface area contributed by atoms with Crippen molar-refractivity contribution in [1.82, 2.24) is 15.5 Å². The second-order valence-electron chi connectivity index (χ2n) is 7.24. The Morgan fingerprint density at radius 3 is 2.43 bits per heavy atom. The van der Waals surface area contributed by atoms with Crippen molar-refractivity contribution in [1.29, 1.82) is 0 Å². The molecule has 0 bridgehead atoms. The first-order chi connectivity index (χ1) is 13.8. The lowest BCUT2D eigenvalue weighted by Crippen LogP contribution is -2.38. The lowest BCUT2D eigenvalue weighted by Gasteiger charge is -2.27. The highest BCUT2D eigenvalue weighted by atomic mass is 16.5. The molecule has 150 valence electrons. The average molecular weight is 382 g/mol. The highest BCUT2D eigenvalue weighted by molar-refractivity contribution is 5.74. The van der Waals surface area contributed by atoms with E-state index in [-0.39, 0.29) is 12.1 Å². The second-order valence-corrected chi connectivity index (χ2v) is 7.24. The molecule has 1 fully saturated rings. The van der Waals surface area contributed by atoms with Gasteiger partial charge in [0.2, 0.25) is 0 Å². The normalized spacial score (nSPS) is 15.8. The molecule has 0 saturated carbocycles. The number of ether oxygens (including phenoxy) is 1. The van der Waals surface area contributed by atoms with Crippen LogP contribution in [0.3, 0.4) is 0 Å². The van der Waals surface area contributed by atoms with Gasteiger partial charge in [0.1, 0.15) is 0 Å². The lowest BCUT2D eigenvalue weighted by molar-refractivity contribution is 0.0341. The Balaban J connectivity index is 1.56. The summed E-state index contributed by atoms with van der Waals surface area (Å²) in [5, 5.41) is 6.17. The topological polar surface area (TPSA) is 53.6 Å². The van der Waals surface area contributed by atoms with Crippen molar-refractivity contribution in [3.8, 4) is 0 Å². The molecular weight excluding hydrogens is 350 g/mol. The lowest BCUT2D eigenvalue weighted by atomic mass is 10.0. The average Bonchev–Trinajstić information content (AvgIpc) is 2.74. The number of nitrogens with zero attached hydrogens (tertiary/aromatic N) is 1. The van der Waals surface area contributed by atoms with Crippen LogP contribution in [0.4, 0.5) is 4.79 Å². The van der Waals surface area contributed by atoms with Crippen LogP contribution in [0.2, 0.25) is 0 Å². The summed E-state index contributed by atoms with van der Waals surface area (Å²) in [6, 6.07) is 18.4. The first-order valence-electron chi connectivity index (χ1n) is 10.2. The quantitative estimate of drug-likeness (QED) is 0.730. The summed E-state index contributed by atoms with van der Waals surface area (Å²) < 4.78 is 5.43. The number of amides is 2. The molecule has 2 aromatic carbocycles. The van der Waals surface area contributed by atoms with Gasteiger partial charge in [-0.25, -0.2) is 4.79 Å². The Bertz CT molecular complexity index is 730. The van der Waals surface area contributed by atoms with Crippen LogP contribution >= 0.6 is 0 Å². The van der Waals surface area contributed by atoms with E-state index in [9.17, 15) is 4.79 Å². The van der Waals surface area contributed by atoms with Gasteiger partial charge in [-0.3, -0.25) is 4.90 Å². The van der Waals surface area contributed by atoms with Crippen molar-refractivity contribution >= 4 is 6.03 Å². The van der Waals surface area contributed by atoms with Crippen LogP contribution in [0.15, 0.2) is 54.6 Å². The van der Waals surface area contributed by atoms with E-state index in [1.807, 2.05) is 24.3 Å². The summed E-state index contributed by atoms with van der Waals surface area (Å²) in [5.41, 5.74) is 3.57. The van der Waals surface area contributed by atoms with Crippen molar-refractivity contribution < 1.29 is 9.53 Å². The predicted molar refractivity (Wildman–Crippen MR) is 112 cm³/mol. The Kier molecular flexibility index (Phi) is 7.88. The largest absolute Gasteiger partial charge is 0.379 e. The van der Waals surface area contributed by atoms with E-state index in [4.69, 9.17) is 4.74 Å². The van der Waals surface area contributed by atoms with Crippen molar-refractivity contribution in [2.45, 2.75) is 38.9 Å². The third kappa shape index (κ3) is 6.08. The number of nitrogens with one attached hydrogen (secondary N) is 2. The molecule has 1 aliphatic heterocycles. The van der Waals surface area contributed by atoms with Crippen LogP contribution < -0.4 is 10.6 Å². The van der Waals surface area contributed by atoms with Crippen LogP contribution in [-0.2, 0) is 17.8 Å². The second kappa shape index (κ2) is 10.8. The SMILES string of the molecule is CCCC(NC(=O)NCc1ccccc1CN1CCOCC1)c1ccccc1. The van der Waals surface area contributed by atoms with E-state index < -0.39 is 0 Å². The van der Waals surface area contributed by atoms with Crippen LogP contribution in [0.25, 0.3) is 0 Å². The third-order valence-electron chi connectivity index (χ3n) is 5.14.